The number of rotatable bonds is 8. The van der Waals surface area contributed by atoms with Crippen molar-refractivity contribution < 1.29 is 9.90 Å². The van der Waals surface area contributed by atoms with Crippen LogP contribution in [0, 0.1) is 0 Å². The van der Waals surface area contributed by atoms with Gasteiger partial charge in [-0.15, -0.1) is 0 Å². The van der Waals surface area contributed by atoms with Gasteiger partial charge in [-0.3, -0.25) is 14.9 Å². The molecule has 0 bridgehead atoms. The summed E-state index contributed by atoms with van der Waals surface area (Å²) in [5, 5.41) is 24.2. The summed E-state index contributed by atoms with van der Waals surface area (Å²) in [7, 11) is 0. The zero-order chi connectivity index (χ0) is 24.0. The van der Waals surface area contributed by atoms with E-state index >= 15 is 0 Å². The SMILES string of the molecule is O=C(Nc1n[nH]c2ccc(-c3cncc(NC[C@H](CO)c4ccccc4)c3)cc12)c1ccccc1. The monoisotopic (exact) mass is 463 g/mol. The number of nitrogens with one attached hydrogen (secondary N) is 3. The number of aliphatic hydroxyl groups excluding tert-OH is 1. The number of aromatic amines is 1. The van der Waals surface area contributed by atoms with E-state index in [1.54, 1.807) is 24.5 Å². The Balaban J connectivity index is 1.35. The van der Waals surface area contributed by atoms with Crippen molar-refractivity contribution in [2.75, 3.05) is 23.8 Å². The van der Waals surface area contributed by atoms with E-state index in [0.29, 0.717) is 17.9 Å². The second kappa shape index (κ2) is 10.2. The molecule has 7 heteroatoms. The summed E-state index contributed by atoms with van der Waals surface area (Å²) < 4.78 is 0. The van der Waals surface area contributed by atoms with Crippen molar-refractivity contribution in [2.45, 2.75) is 5.92 Å². The Morgan fingerprint density at radius 3 is 2.46 bits per heavy atom. The second-order valence-corrected chi connectivity index (χ2v) is 8.29. The van der Waals surface area contributed by atoms with Crippen molar-refractivity contribution in [3.8, 4) is 11.1 Å². The van der Waals surface area contributed by atoms with E-state index in [9.17, 15) is 9.90 Å². The van der Waals surface area contributed by atoms with Crippen LogP contribution in [-0.4, -0.2) is 39.3 Å². The zero-order valence-electron chi connectivity index (χ0n) is 19.0. The van der Waals surface area contributed by atoms with E-state index in [1.165, 1.54) is 0 Å². The number of benzene rings is 3. The van der Waals surface area contributed by atoms with Gasteiger partial charge in [-0.05, 0) is 41.5 Å². The molecule has 0 aliphatic rings. The average molecular weight is 464 g/mol. The van der Waals surface area contributed by atoms with Gasteiger partial charge in [-0.1, -0.05) is 54.6 Å². The standard InChI is InChI=1S/C28H25N5O2/c34-18-23(19-7-3-1-4-8-19)16-30-24-13-22(15-29-17-24)21-11-12-26-25(14-21)27(33-32-26)31-28(35)20-9-5-2-6-10-20/h1-15,17,23,30,34H,16,18H2,(H2,31,32,33,35)/t23-/m1/s1. The zero-order valence-corrected chi connectivity index (χ0v) is 19.0. The highest BCUT2D eigenvalue weighted by molar-refractivity contribution is 6.08. The molecule has 2 heterocycles. The number of hydrogen-bond donors (Lipinski definition) is 4. The molecule has 1 amide bonds. The summed E-state index contributed by atoms with van der Waals surface area (Å²) in [5.41, 5.74) is 5.22. The molecule has 2 aromatic heterocycles. The van der Waals surface area contributed by atoms with E-state index in [0.717, 1.165) is 33.3 Å². The van der Waals surface area contributed by atoms with Gasteiger partial charge >= 0.3 is 0 Å². The predicted molar refractivity (Wildman–Crippen MR) is 138 cm³/mol. The largest absolute Gasteiger partial charge is 0.396 e. The Bertz CT molecular complexity index is 1430. The number of fused-ring (bicyclic) bond motifs is 1. The molecule has 0 saturated heterocycles. The molecule has 174 valence electrons. The molecule has 0 unspecified atom stereocenters. The number of amides is 1. The molecule has 4 N–H and O–H groups in total. The lowest BCUT2D eigenvalue weighted by molar-refractivity contribution is 0.102. The lowest BCUT2D eigenvalue weighted by Crippen LogP contribution is -2.16. The van der Waals surface area contributed by atoms with Crippen LogP contribution in [0.1, 0.15) is 21.8 Å². The van der Waals surface area contributed by atoms with Crippen molar-refractivity contribution >= 4 is 28.3 Å². The normalized spacial score (nSPS) is 11.8. The first-order chi connectivity index (χ1) is 17.2. The van der Waals surface area contributed by atoms with E-state index in [2.05, 4.69) is 25.8 Å². The third-order valence-electron chi connectivity index (χ3n) is 5.95. The molecule has 0 aliphatic heterocycles. The minimum absolute atomic E-state index is 0.0158. The first-order valence-corrected chi connectivity index (χ1v) is 11.4. The lowest BCUT2D eigenvalue weighted by Gasteiger charge is -2.16. The van der Waals surface area contributed by atoms with Crippen LogP contribution < -0.4 is 10.6 Å². The van der Waals surface area contributed by atoms with Crippen LogP contribution in [0.25, 0.3) is 22.0 Å². The summed E-state index contributed by atoms with van der Waals surface area (Å²) in [6.45, 7) is 0.640. The fourth-order valence-electron chi connectivity index (χ4n) is 4.01. The Labute approximate surface area is 202 Å². The third-order valence-corrected chi connectivity index (χ3v) is 5.95. The molecule has 7 nitrogen and oxygen atoms in total. The molecule has 0 spiro atoms. The Kier molecular flexibility index (Phi) is 6.50. The van der Waals surface area contributed by atoms with E-state index in [1.807, 2.05) is 72.8 Å². The topological polar surface area (TPSA) is 103 Å². The molecule has 3 aromatic carbocycles. The molecule has 35 heavy (non-hydrogen) atoms. The smallest absolute Gasteiger partial charge is 0.256 e. The van der Waals surface area contributed by atoms with Crippen LogP contribution in [0.5, 0.6) is 0 Å². The van der Waals surface area contributed by atoms with Crippen LogP contribution in [0.4, 0.5) is 11.5 Å². The Morgan fingerprint density at radius 1 is 0.914 bits per heavy atom. The summed E-state index contributed by atoms with van der Waals surface area (Å²) in [6, 6.07) is 26.9. The summed E-state index contributed by atoms with van der Waals surface area (Å²) in [6.07, 6.45) is 3.57. The number of carbonyl (C=O) groups is 1. The second-order valence-electron chi connectivity index (χ2n) is 8.29. The van der Waals surface area contributed by atoms with Gasteiger partial charge in [0.25, 0.3) is 5.91 Å². The maximum atomic E-state index is 12.6. The molecule has 0 saturated carbocycles. The quantitative estimate of drug-likeness (QED) is 0.257. The number of anilines is 2. The molecule has 5 rings (SSSR count). The fourth-order valence-corrected chi connectivity index (χ4v) is 4.01. The highest BCUT2D eigenvalue weighted by Gasteiger charge is 2.13. The van der Waals surface area contributed by atoms with Gasteiger partial charge in [0.2, 0.25) is 0 Å². The highest BCUT2D eigenvalue weighted by atomic mass is 16.3. The van der Waals surface area contributed by atoms with Crippen molar-refractivity contribution in [2.24, 2.45) is 0 Å². The molecule has 0 aliphatic carbocycles. The van der Waals surface area contributed by atoms with E-state index < -0.39 is 0 Å². The van der Waals surface area contributed by atoms with Crippen LogP contribution in [0.15, 0.2) is 97.3 Å². The predicted octanol–water partition coefficient (Wildman–Crippen LogP) is 5.07. The minimum Gasteiger partial charge on any atom is -0.396 e. The van der Waals surface area contributed by atoms with Crippen LogP contribution >= 0.6 is 0 Å². The first kappa shape index (κ1) is 22.3. The minimum atomic E-state index is -0.214. The Morgan fingerprint density at radius 2 is 1.69 bits per heavy atom. The molecular formula is C28H25N5O2. The summed E-state index contributed by atoms with van der Waals surface area (Å²) in [5.74, 6) is 0.249. The van der Waals surface area contributed by atoms with Crippen molar-refractivity contribution in [3.05, 3.63) is 108 Å². The van der Waals surface area contributed by atoms with Gasteiger partial charge in [0, 0.05) is 41.4 Å². The van der Waals surface area contributed by atoms with Gasteiger partial charge in [0.15, 0.2) is 5.82 Å². The van der Waals surface area contributed by atoms with Crippen LogP contribution in [0.3, 0.4) is 0 Å². The van der Waals surface area contributed by atoms with Crippen molar-refractivity contribution in [1.29, 1.82) is 0 Å². The number of aromatic nitrogens is 3. The highest BCUT2D eigenvalue weighted by Crippen LogP contribution is 2.29. The average Bonchev–Trinajstić information content (AvgIpc) is 3.32. The third kappa shape index (κ3) is 5.05. The number of pyridine rings is 1. The molecule has 5 aromatic rings. The molecule has 0 radical (unpaired) electrons. The number of hydrogen-bond acceptors (Lipinski definition) is 5. The number of aliphatic hydroxyl groups is 1. The van der Waals surface area contributed by atoms with Crippen LogP contribution in [-0.2, 0) is 0 Å². The number of H-pyrrole nitrogens is 1. The maximum absolute atomic E-state index is 12.6. The van der Waals surface area contributed by atoms with E-state index in [-0.39, 0.29) is 18.4 Å². The van der Waals surface area contributed by atoms with Gasteiger partial charge < -0.3 is 15.7 Å². The number of nitrogens with zero attached hydrogens (tertiary/aromatic N) is 2. The van der Waals surface area contributed by atoms with Crippen molar-refractivity contribution in [3.63, 3.8) is 0 Å². The molecule has 1 atom stereocenters. The van der Waals surface area contributed by atoms with Gasteiger partial charge in [-0.2, -0.15) is 5.10 Å². The molecular weight excluding hydrogens is 438 g/mol. The first-order valence-electron chi connectivity index (χ1n) is 11.4. The fraction of sp³-hybridized carbons (Fsp3) is 0.107. The lowest BCUT2D eigenvalue weighted by atomic mass is 10.00. The number of carbonyl (C=O) groups excluding carboxylic acids is 1. The van der Waals surface area contributed by atoms with Gasteiger partial charge in [0.1, 0.15) is 0 Å². The Hall–Kier alpha value is -4.49. The van der Waals surface area contributed by atoms with E-state index in [4.69, 9.17) is 0 Å². The van der Waals surface area contributed by atoms with Gasteiger partial charge in [-0.25, -0.2) is 0 Å². The van der Waals surface area contributed by atoms with Gasteiger partial charge in [0.05, 0.1) is 17.8 Å². The maximum Gasteiger partial charge on any atom is 0.256 e. The van der Waals surface area contributed by atoms with Crippen molar-refractivity contribution in [1.82, 2.24) is 15.2 Å². The molecule has 0 fully saturated rings. The summed E-state index contributed by atoms with van der Waals surface area (Å²) in [4.78, 5) is 17.0. The summed E-state index contributed by atoms with van der Waals surface area (Å²) >= 11 is 0. The van der Waals surface area contributed by atoms with Crippen LogP contribution in [0.2, 0.25) is 0 Å².